The minimum atomic E-state index is -3.75. The smallest absolute Gasteiger partial charge is 0.261 e. The number of anilines is 1. The SMILES string of the molecule is O=C(/C=C/c1ccc(S(=O)(=O)Nc2ccccc2)cc1)C1C(=O)c2ccccc2C1=O. The van der Waals surface area contributed by atoms with E-state index < -0.39 is 33.3 Å². The van der Waals surface area contributed by atoms with Crippen LogP contribution in [0.2, 0.25) is 0 Å². The zero-order chi connectivity index (χ0) is 22.0. The summed E-state index contributed by atoms with van der Waals surface area (Å²) in [5.41, 5.74) is 1.53. The van der Waals surface area contributed by atoms with Crippen molar-refractivity contribution in [3.8, 4) is 0 Å². The number of para-hydroxylation sites is 1. The second-order valence-electron chi connectivity index (χ2n) is 6.98. The number of rotatable bonds is 6. The summed E-state index contributed by atoms with van der Waals surface area (Å²) in [6.07, 6.45) is 2.63. The lowest BCUT2D eigenvalue weighted by Crippen LogP contribution is -2.23. The first-order valence-electron chi connectivity index (χ1n) is 9.44. The Bertz CT molecular complexity index is 1270. The number of ketones is 3. The van der Waals surface area contributed by atoms with Crippen molar-refractivity contribution in [1.29, 1.82) is 0 Å². The molecule has 0 saturated carbocycles. The Hall–Kier alpha value is -3.84. The highest BCUT2D eigenvalue weighted by Crippen LogP contribution is 2.27. The van der Waals surface area contributed by atoms with Crippen LogP contribution in [0.15, 0.2) is 89.8 Å². The van der Waals surface area contributed by atoms with Crippen LogP contribution in [0, 0.1) is 5.92 Å². The van der Waals surface area contributed by atoms with E-state index in [9.17, 15) is 22.8 Å². The third-order valence-electron chi connectivity index (χ3n) is 4.92. The Morgan fingerprint density at radius 2 is 1.32 bits per heavy atom. The van der Waals surface area contributed by atoms with Gasteiger partial charge in [0, 0.05) is 16.8 Å². The summed E-state index contributed by atoms with van der Waals surface area (Å²) in [5.74, 6) is -2.95. The second-order valence-corrected chi connectivity index (χ2v) is 8.67. The topological polar surface area (TPSA) is 97.4 Å². The first-order valence-corrected chi connectivity index (χ1v) is 10.9. The molecule has 0 radical (unpaired) electrons. The Labute approximate surface area is 179 Å². The molecular weight excluding hydrogens is 414 g/mol. The van der Waals surface area contributed by atoms with Gasteiger partial charge in [0.25, 0.3) is 10.0 Å². The van der Waals surface area contributed by atoms with Crippen LogP contribution in [-0.4, -0.2) is 25.8 Å². The van der Waals surface area contributed by atoms with Gasteiger partial charge in [0.1, 0.15) is 5.92 Å². The minimum Gasteiger partial charge on any atom is -0.294 e. The molecule has 6 nitrogen and oxygen atoms in total. The van der Waals surface area contributed by atoms with Gasteiger partial charge in [-0.2, -0.15) is 0 Å². The molecule has 0 saturated heterocycles. The van der Waals surface area contributed by atoms with Crippen molar-refractivity contribution in [2.24, 2.45) is 5.92 Å². The van der Waals surface area contributed by atoms with Gasteiger partial charge in [-0.1, -0.05) is 60.7 Å². The maximum Gasteiger partial charge on any atom is 0.261 e. The number of Topliss-reactive ketones (excluding diaryl/α,β-unsaturated/α-hetero) is 2. The normalized spacial score (nSPS) is 14.1. The molecule has 0 atom stereocenters. The third-order valence-corrected chi connectivity index (χ3v) is 6.32. The van der Waals surface area contributed by atoms with Crippen LogP contribution in [0.1, 0.15) is 26.3 Å². The monoisotopic (exact) mass is 431 g/mol. The number of sulfonamides is 1. The van der Waals surface area contributed by atoms with E-state index in [0.717, 1.165) is 0 Å². The van der Waals surface area contributed by atoms with Gasteiger partial charge in [-0.3, -0.25) is 19.1 Å². The van der Waals surface area contributed by atoms with Crippen LogP contribution >= 0.6 is 0 Å². The number of fused-ring (bicyclic) bond motifs is 1. The lowest BCUT2D eigenvalue weighted by Gasteiger charge is -2.08. The van der Waals surface area contributed by atoms with Crippen molar-refractivity contribution >= 4 is 39.1 Å². The number of hydrogen-bond donors (Lipinski definition) is 1. The minimum absolute atomic E-state index is 0.0661. The van der Waals surface area contributed by atoms with E-state index in [4.69, 9.17) is 0 Å². The summed E-state index contributed by atoms with van der Waals surface area (Å²) in [6, 6.07) is 20.8. The Kier molecular flexibility index (Phi) is 5.35. The van der Waals surface area contributed by atoms with Crippen LogP contribution in [0.25, 0.3) is 6.08 Å². The summed E-state index contributed by atoms with van der Waals surface area (Å²) in [6.45, 7) is 0. The third kappa shape index (κ3) is 4.08. The zero-order valence-corrected chi connectivity index (χ0v) is 17.0. The molecule has 3 aromatic rings. The molecule has 0 unspecified atom stereocenters. The molecule has 0 aliphatic heterocycles. The standard InChI is InChI=1S/C24H17NO5S/c26-21(22-23(27)19-8-4-5-9-20(19)24(22)28)15-12-16-10-13-18(14-11-16)31(29,30)25-17-6-2-1-3-7-17/h1-15,22,25H/b15-12+. The summed E-state index contributed by atoms with van der Waals surface area (Å²) >= 11 is 0. The van der Waals surface area contributed by atoms with Crippen molar-refractivity contribution < 1.29 is 22.8 Å². The lowest BCUT2D eigenvalue weighted by atomic mass is 9.97. The van der Waals surface area contributed by atoms with E-state index in [2.05, 4.69) is 4.72 Å². The molecule has 4 rings (SSSR count). The van der Waals surface area contributed by atoms with Crippen molar-refractivity contribution in [3.63, 3.8) is 0 Å². The van der Waals surface area contributed by atoms with E-state index in [1.54, 1.807) is 42.5 Å². The highest BCUT2D eigenvalue weighted by Gasteiger charge is 2.41. The molecule has 0 fully saturated rings. The van der Waals surface area contributed by atoms with Crippen molar-refractivity contribution in [2.75, 3.05) is 4.72 Å². The number of carbonyl (C=O) groups excluding carboxylic acids is 3. The Morgan fingerprint density at radius 1 is 0.774 bits per heavy atom. The van der Waals surface area contributed by atoms with Crippen molar-refractivity contribution in [3.05, 3.63) is 102 Å². The number of nitrogens with one attached hydrogen (secondary N) is 1. The fourth-order valence-electron chi connectivity index (χ4n) is 3.35. The number of allylic oxidation sites excluding steroid dienone is 1. The second kappa shape index (κ2) is 8.12. The molecule has 0 bridgehead atoms. The van der Waals surface area contributed by atoms with E-state index in [0.29, 0.717) is 11.3 Å². The molecule has 1 aliphatic carbocycles. The zero-order valence-electron chi connectivity index (χ0n) is 16.2. The molecule has 0 heterocycles. The van der Waals surface area contributed by atoms with E-state index in [1.165, 1.54) is 48.6 Å². The average molecular weight is 431 g/mol. The lowest BCUT2D eigenvalue weighted by molar-refractivity contribution is -0.115. The van der Waals surface area contributed by atoms with Crippen LogP contribution in [0.5, 0.6) is 0 Å². The van der Waals surface area contributed by atoms with Gasteiger partial charge in [0.2, 0.25) is 0 Å². The quantitative estimate of drug-likeness (QED) is 0.473. The van der Waals surface area contributed by atoms with Crippen molar-refractivity contribution in [1.82, 2.24) is 0 Å². The molecule has 7 heteroatoms. The van der Waals surface area contributed by atoms with E-state index >= 15 is 0 Å². The fourth-order valence-corrected chi connectivity index (χ4v) is 4.41. The number of hydrogen-bond acceptors (Lipinski definition) is 5. The Balaban J connectivity index is 1.47. The van der Waals surface area contributed by atoms with Crippen LogP contribution < -0.4 is 4.72 Å². The van der Waals surface area contributed by atoms with Gasteiger partial charge in [0.15, 0.2) is 17.3 Å². The van der Waals surface area contributed by atoms with Crippen molar-refractivity contribution in [2.45, 2.75) is 4.90 Å². The van der Waals surface area contributed by atoms with Gasteiger partial charge in [0.05, 0.1) is 4.90 Å². The number of carbonyl (C=O) groups is 3. The van der Waals surface area contributed by atoms with Crippen LogP contribution in [0.4, 0.5) is 5.69 Å². The molecule has 3 aromatic carbocycles. The predicted octanol–water partition coefficient (Wildman–Crippen LogP) is 3.77. The predicted molar refractivity (Wildman–Crippen MR) is 116 cm³/mol. The largest absolute Gasteiger partial charge is 0.294 e. The first kappa shape index (κ1) is 20.4. The van der Waals surface area contributed by atoms with E-state index in [-0.39, 0.29) is 16.0 Å². The summed E-state index contributed by atoms with van der Waals surface area (Å²) < 4.78 is 27.4. The maximum atomic E-state index is 12.5. The van der Waals surface area contributed by atoms with Gasteiger partial charge in [-0.25, -0.2) is 8.42 Å². The highest BCUT2D eigenvalue weighted by molar-refractivity contribution is 7.92. The maximum absolute atomic E-state index is 12.5. The molecule has 0 amide bonds. The van der Waals surface area contributed by atoms with Gasteiger partial charge < -0.3 is 0 Å². The van der Waals surface area contributed by atoms with E-state index in [1.807, 2.05) is 0 Å². The molecular formula is C24H17NO5S. The molecule has 0 aromatic heterocycles. The molecule has 31 heavy (non-hydrogen) atoms. The number of benzene rings is 3. The summed E-state index contributed by atoms with van der Waals surface area (Å²) in [7, 11) is -3.75. The van der Waals surface area contributed by atoms with Gasteiger partial charge in [-0.05, 0) is 35.9 Å². The highest BCUT2D eigenvalue weighted by atomic mass is 32.2. The first-order chi connectivity index (χ1) is 14.9. The molecule has 154 valence electrons. The summed E-state index contributed by atoms with van der Waals surface area (Å²) in [5, 5.41) is 0. The fraction of sp³-hybridized carbons (Fsp3) is 0.0417. The van der Waals surface area contributed by atoms with Gasteiger partial charge in [-0.15, -0.1) is 0 Å². The van der Waals surface area contributed by atoms with Crippen LogP contribution in [-0.2, 0) is 14.8 Å². The average Bonchev–Trinajstić information content (AvgIpc) is 3.03. The van der Waals surface area contributed by atoms with Gasteiger partial charge >= 0.3 is 0 Å². The molecule has 1 N–H and O–H groups in total. The summed E-state index contributed by atoms with van der Waals surface area (Å²) in [4.78, 5) is 37.4. The molecule has 1 aliphatic rings. The molecule has 0 spiro atoms. The van der Waals surface area contributed by atoms with Crippen LogP contribution in [0.3, 0.4) is 0 Å². The Morgan fingerprint density at radius 3 is 1.90 bits per heavy atom.